The highest BCUT2D eigenvalue weighted by molar-refractivity contribution is 7.86. The van der Waals surface area contributed by atoms with E-state index in [2.05, 4.69) is 94.5 Å². The molecule has 0 bridgehead atoms. The fraction of sp³-hybridized carbons (Fsp3) is 0. The molecule has 0 N–H and O–H groups in total. The minimum Gasteiger partial charge on any atom is -0.308 e. The summed E-state index contributed by atoms with van der Waals surface area (Å²) in [6.45, 7) is 0. The summed E-state index contributed by atoms with van der Waals surface area (Å²) >= 11 is 0. The van der Waals surface area contributed by atoms with Crippen LogP contribution in [0.1, 0.15) is 0 Å². The van der Waals surface area contributed by atoms with Gasteiger partial charge in [-0.3, -0.25) is 9.55 Å². The summed E-state index contributed by atoms with van der Waals surface area (Å²) in [5, 5.41) is 4.58. The summed E-state index contributed by atoms with van der Waals surface area (Å²) in [4.78, 5) is 14.8. The van der Waals surface area contributed by atoms with Crippen LogP contribution in [0.15, 0.2) is 164 Å². The van der Waals surface area contributed by atoms with Gasteiger partial charge in [0.1, 0.15) is 5.82 Å². The molecule has 1 unspecified atom stereocenters. The second kappa shape index (κ2) is 10.7. The number of benzene rings is 6. The van der Waals surface area contributed by atoms with Crippen LogP contribution in [0.4, 0.5) is 0 Å². The van der Waals surface area contributed by atoms with Crippen molar-refractivity contribution in [1.82, 2.24) is 19.5 Å². The predicted molar refractivity (Wildman–Crippen MR) is 201 cm³/mol. The van der Waals surface area contributed by atoms with Gasteiger partial charge in [0, 0.05) is 44.0 Å². The Morgan fingerprint density at radius 2 is 1.22 bits per heavy atom. The number of pyridine rings is 2. The number of hydrogen-bond donors (Lipinski definition) is 0. The average molecular weight is 647 g/mol. The van der Waals surface area contributed by atoms with Gasteiger partial charge in [0.15, 0.2) is 7.14 Å². The summed E-state index contributed by atoms with van der Waals surface area (Å²) in [5.74, 6) is 0.839. The minimum atomic E-state index is -3.27. The largest absolute Gasteiger partial charge is 0.308 e. The van der Waals surface area contributed by atoms with E-state index in [-0.39, 0.29) is 0 Å². The zero-order valence-electron chi connectivity index (χ0n) is 26.2. The Hall–Kier alpha value is -6.16. The Kier molecular flexibility index (Phi) is 6.08. The van der Waals surface area contributed by atoms with E-state index in [9.17, 15) is 0 Å². The van der Waals surface area contributed by atoms with Crippen LogP contribution in [0.5, 0.6) is 0 Å². The molecule has 6 heteroatoms. The Morgan fingerprint density at radius 1 is 0.510 bits per heavy atom. The molecule has 9 aromatic rings. The second-order valence-electron chi connectivity index (χ2n) is 12.4. The Balaban J connectivity index is 1.14. The molecule has 0 radical (unpaired) electrons. The van der Waals surface area contributed by atoms with Crippen LogP contribution < -0.4 is 15.9 Å². The summed E-state index contributed by atoms with van der Waals surface area (Å²) < 4.78 is 18.0. The van der Waals surface area contributed by atoms with Gasteiger partial charge in [-0.2, -0.15) is 0 Å². The molecule has 49 heavy (non-hydrogen) atoms. The third-order valence-electron chi connectivity index (χ3n) is 9.65. The van der Waals surface area contributed by atoms with Gasteiger partial charge in [-0.25, -0.2) is 9.97 Å². The van der Waals surface area contributed by atoms with Crippen LogP contribution in [-0.2, 0) is 4.57 Å². The lowest BCUT2D eigenvalue weighted by Crippen LogP contribution is -2.33. The molecule has 230 valence electrons. The molecule has 0 fully saturated rings. The van der Waals surface area contributed by atoms with Crippen molar-refractivity contribution in [3.8, 4) is 39.5 Å². The summed E-state index contributed by atoms with van der Waals surface area (Å²) in [6.07, 6.45) is 1.82. The lowest BCUT2D eigenvalue weighted by Gasteiger charge is -2.29. The SMILES string of the molecule is O=P1(c2ccccc2)c2cc(-c3ccc(-c4ccc5ccc6cccnc6c5n4)cc3)ccc2-n2c(-c3ccccc3)nc3cccc1c32. The van der Waals surface area contributed by atoms with E-state index in [4.69, 9.17) is 9.97 Å². The van der Waals surface area contributed by atoms with Crippen LogP contribution in [0.25, 0.3) is 72.3 Å². The smallest absolute Gasteiger partial charge is 0.175 e. The van der Waals surface area contributed by atoms with Crippen molar-refractivity contribution in [2.24, 2.45) is 0 Å². The van der Waals surface area contributed by atoms with Crippen LogP contribution in [0.2, 0.25) is 0 Å². The van der Waals surface area contributed by atoms with Crippen molar-refractivity contribution in [2.45, 2.75) is 0 Å². The van der Waals surface area contributed by atoms with Crippen molar-refractivity contribution in [3.05, 3.63) is 164 Å². The van der Waals surface area contributed by atoms with E-state index in [1.807, 2.05) is 79.0 Å². The van der Waals surface area contributed by atoms with Gasteiger partial charge in [0.2, 0.25) is 0 Å². The van der Waals surface area contributed by atoms with E-state index in [0.29, 0.717) is 0 Å². The van der Waals surface area contributed by atoms with Gasteiger partial charge >= 0.3 is 0 Å². The molecule has 10 rings (SSSR count). The Labute approximate surface area is 282 Å². The molecule has 1 aliphatic rings. The molecule has 1 aliphatic heterocycles. The number of fused-ring (bicyclic) bond motifs is 5. The van der Waals surface area contributed by atoms with Gasteiger partial charge in [-0.15, -0.1) is 0 Å². The fourth-order valence-electron chi connectivity index (χ4n) is 7.29. The second-order valence-corrected chi connectivity index (χ2v) is 15.1. The summed E-state index contributed by atoms with van der Waals surface area (Å²) in [5.41, 5.74) is 9.41. The molecule has 3 aromatic heterocycles. The molecule has 0 saturated heterocycles. The average Bonchev–Trinajstić information content (AvgIpc) is 3.58. The molecular formula is C43H27N4OP. The molecule has 1 atom stereocenters. The van der Waals surface area contributed by atoms with Crippen molar-refractivity contribution >= 4 is 55.9 Å². The molecule has 0 saturated carbocycles. The van der Waals surface area contributed by atoms with Crippen LogP contribution >= 0.6 is 7.14 Å². The number of rotatable bonds is 4. The van der Waals surface area contributed by atoms with Crippen molar-refractivity contribution < 1.29 is 4.57 Å². The maximum atomic E-state index is 15.8. The maximum absolute atomic E-state index is 15.8. The van der Waals surface area contributed by atoms with Gasteiger partial charge < -0.3 is 4.57 Å². The molecular weight excluding hydrogens is 619 g/mol. The van der Waals surface area contributed by atoms with Gasteiger partial charge in [-0.05, 0) is 47.5 Å². The highest BCUT2D eigenvalue weighted by Crippen LogP contribution is 2.50. The molecule has 6 aromatic carbocycles. The van der Waals surface area contributed by atoms with E-state index in [1.165, 1.54) is 0 Å². The molecule has 5 nitrogen and oxygen atoms in total. The third kappa shape index (κ3) is 4.19. The van der Waals surface area contributed by atoms with Gasteiger partial charge in [0.25, 0.3) is 0 Å². The topological polar surface area (TPSA) is 60.7 Å². The number of imidazole rings is 1. The monoisotopic (exact) mass is 646 g/mol. The normalized spacial score (nSPS) is 15.1. The first-order chi connectivity index (χ1) is 24.2. The Morgan fingerprint density at radius 3 is 2.04 bits per heavy atom. The lowest BCUT2D eigenvalue weighted by atomic mass is 10.0. The van der Waals surface area contributed by atoms with Gasteiger partial charge in [0.05, 0.1) is 33.4 Å². The van der Waals surface area contributed by atoms with Crippen LogP contribution in [0.3, 0.4) is 0 Å². The zero-order valence-corrected chi connectivity index (χ0v) is 27.1. The molecule has 0 aliphatic carbocycles. The van der Waals surface area contributed by atoms with Crippen molar-refractivity contribution in [3.63, 3.8) is 0 Å². The quantitative estimate of drug-likeness (QED) is 0.141. The van der Waals surface area contributed by atoms with Crippen molar-refractivity contribution in [2.75, 3.05) is 0 Å². The first-order valence-electron chi connectivity index (χ1n) is 16.3. The molecule has 0 spiro atoms. The Bertz CT molecular complexity index is 2790. The number of para-hydroxylation sites is 1. The summed E-state index contributed by atoms with van der Waals surface area (Å²) in [7, 11) is -3.27. The van der Waals surface area contributed by atoms with Crippen molar-refractivity contribution in [1.29, 1.82) is 0 Å². The summed E-state index contributed by atoms with van der Waals surface area (Å²) in [6, 6.07) is 53.3. The van der Waals surface area contributed by atoms with E-state index in [0.717, 1.165) is 88.2 Å². The lowest BCUT2D eigenvalue weighted by molar-refractivity contribution is 0.592. The van der Waals surface area contributed by atoms with Crippen LogP contribution in [0, 0.1) is 0 Å². The minimum absolute atomic E-state index is 0.811. The van der Waals surface area contributed by atoms with Crippen LogP contribution in [-0.4, -0.2) is 19.5 Å². The highest BCUT2D eigenvalue weighted by Gasteiger charge is 2.40. The number of nitrogens with zero attached hydrogens (tertiary/aromatic N) is 4. The number of aromatic nitrogens is 4. The fourth-order valence-corrected chi connectivity index (χ4v) is 10.3. The van der Waals surface area contributed by atoms with E-state index in [1.54, 1.807) is 0 Å². The third-order valence-corrected chi connectivity index (χ3v) is 12.7. The molecule has 4 heterocycles. The maximum Gasteiger partial charge on any atom is 0.175 e. The standard InChI is InChI=1S/C43H27N4OP/c48-49(34-12-5-2-6-13-34)38-15-7-14-36-42(38)47(43(46-36)32-9-3-1-4-10-32)37-25-23-33(27-39(37)49)28-16-18-29(19-17-28)35-24-22-31-21-20-30-11-8-26-44-40(30)41(31)45-35/h1-27H. The predicted octanol–water partition coefficient (Wildman–Crippen LogP) is 9.08. The highest BCUT2D eigenvalue weighted by atomic mass is 31.2. The molecule has 0 amide bonds. The zero-order chi connectivity index (χ0) is 32.5. The van der Waals surface area contributed by atoms with E-state index >= 15 is 4.57 Å². The number of hydrogen-bond acceptors (Lipinski definition) is 4. The van der Waals surface area contributed by atoms with Gasteiger partial charge in [-0.1, -0.05) is 121 Å². The first-order valence-corrected chi connectivity index (χ1v) is 18.0. The first kappa shape index (κ1) is 27.9. The van der Waals surface area contributed by atoms with E-state index < -0.39 is 7.14 Å².